The highest BCUT2D eigenvalue weighted by Crippen LogP contribution is 2.32. The van der Waals surface area contributed by atoms with E-state index in [4.69, 9.17) is 28.2 Å². The summed E-state index contributed by atoms with van der Waals surface area (Å²) < 4.78 is 2.13. The highest BCUT2D eigenvalue weighted by molar-refractivity contribution is 7.07. The van der Waals surface area contributed by atoms with Gasteiger partial charge in [-0.15, -0.1) is 11.3 Å². The van der Waals surface area contributed by atoms with Gasteiger partial charge in [-0.1, -0.05) is 68.4 Å². The number of thiazole rings is 1. The predicted molar refractivity (Wildman–Crippen MR) is 129 cm³/mol. The maximum absolute atomic E-state index is 11.5. The van der Waals surface area contributed by atoms with E-state index in [1.54, 1.807) is 30.3 Å². The van der Waals surface area contributed by atoms with Crippen LogP contribution in [0.2, 0.25) is 10.0 Å². The predicted octanol–water partition coefficient (Wildman–Crippen LogP) is 7.88. The first-order valence-corrected chi connectivity index (χ1v) is 12.0. The van der Waals surface area contributed by atoms with Crippen LogP contribution in [0, 0.1) is 16.0 Å². The smallest absolute Gasteiger partial charge is 0.294 e. The van der Waals surface area contributed by atoms with Crippen LogP contribution in [-0.2, 0) is 6.54 Å². The van der Waals surface area contributed by atoms with Crippen molar-refractivity contribution in [2.24, 2.45) is 10.9 Å². The quantitative estimate of drug-likeness (QED) is 0.232. The lowest BCUT2D eigenvalue weighted by molar-refractivity contribution is -0.384. The van der Waals surface area contributed by atoms with Crippen LogP contribution in [0.5, 0.6) is 0 Å². The Morgan fingerprint density at radius 3 is 2.68 bits per heavy atom. The summed E-state index contributed by atoms with van der Waals surface area (Å²) in [5.41, 5.74) is 2.08. The Morgan fingerprint density at radius 1 is 1.19 bits per heavy atom. The van der Waals surface area contributed by atoms with Crippen molar-refractivity contribution in [3.8, 4) is 11.3 Å². The standard InChI is InChI=1S/C23H25Cl2N3O2S/c1-3-5-8-16(4-2)14-27-22(18-13-17(24)11-12-19(18)25)15-31-23(27)26-20-9-6-7-10-21(20)28(29)30/h6-7,9-13,15-16H,3-5,8,14H2,1-2H3. The molecule has 31 heavy (non-hydrogen) atoms. The van der Waals surface area contributed by atoms with Gasteiger partial charge in [0.1, 0.15) is 5.69 Å². The SMILES string of the molecule is CCCCC(CC)Cn1c(-c2cc(Cl)ccc2Cl)csc1=Nc1ccccc1[N+](=O)[O-]. The van der Waals surface area contributed by atoms with E-state index in [2.05, 4.69) is 18.4 Å². The fraction of sp³-hybridized carbons (Fsp3) is 0.348. The normalized spacial score (nSPS) is 12.8. The summed E-state index contributed by atoms with van der Waals surface area (Å²) in [7, 11) is 0. The van der Waals surface area contributed by atoms with Crippen molar-refractivity contribution in [2.75, 3.05) is 0 Å². The van der Waals surface area contributed by atoms with Crippen molar-refractivity contribution in [3.63, 3.8) is 0 Å². The Morgan fingerprint density at radius 2 is 1.97 bits per heavy atom. The summed E-state index contributed by atoms with van der Waals surface area (Å²) in [5.74, 6) is 0.468. The largest absolute Gasteiger partial charge is 0.316 e. The molecule has 5 nitrogen and oxygen atoms in total. The minimum absolute atomic E-state index is 0.0113. The second kappa shape index (κ2) is 10.9. The van der Waals surface area contributed by atoms with Crippen molar-refractivity contribution in [1.82, 2.24) is 4.57 Å². The number of unbranched alkanes of at least 4 members (excludes halogenated alkanes) is 1. The van der Waals surface area contributed by atoms with Crippen molar-refractivity contribution in [2.45, 2.75) is 46.1 Å². The molecule has 2 aromatic carbocycles. The van der Waals surface area contributed by atoms with E-state index in [0.717, 1.165) is 43.5 Å². The first-order valence-electron chi connectivity index (χ1n) is 10.4. The van der Waals surface area contributed by atoms with Gasteiger partial charge in [-0.25, -0.2) is 4.99 Å². The lowest BCUT2D eigenvalue weighted by Crippen LogP contribution is -2.21. The summed E-state index contributed by atoms with van der Waals surface area (Å²) in [6, 6.07) is 11.9. The second-order valence-electron chi connectivity index (χ2n) is 7.41. The van der Waals surface area contributed by atoms with E-state index in [1.807, 2.05) is 11.4 Å². The van der Waals surface area contributed by atoms with Gasteiger partial charge in [-0.2, -0.15) is 0 Å². The van der Waals surface area contributed by atoms with Crippen molar-refractivity contribution in [1.29, 1.82) is 0 Å². The van der Waals surface area contributed by atoms with Gasteiger partial charge in [0, 0.05) is 28.6 Å². The van der Waals surface area contributed by atoms with Gasteiger partial charge in [0.15, 0.2) is 4.80 Å². The number of para-hydroxylation sites is 2. The molecule has 164 valence electrons. The average Bonchev–Trinajstić information content (AvgIpc) is 3.14. The molecule has 1 aromatic heterocycles. The molecule has 0 fully saturated rings. The third-order valence-electron chi connectivity index (χ3n) is 5.28. The molecule has 0 bridgehead atoms. The number of nitro groups is 1. The molecule has 0 radical (unpaired) electrons. The molecule has 0 saturated carbocycles. The van der Waals surface area contributed by atoms with Crippen LogP contribution < -0.4 is 4.80 Å². The number of halogens is 2. The maximum Gasteiger partial charge on any atom is 0.294 e. The van der Waals surface area contributed by atoms with Gasteiger partial charge in [0.25, 0.3) is 5.69 Å². The van der Waals surface area contributed by atoms with Gasteiger partial charge >= 0.3 is 0 Å². The number of benzene rings is 2. The Bertz CT molecular complexity index is 1120. The highest BCUT2D eigenvalue weighted by Gasteiger charge is 2.17. The monoisotopic (exact) mass is 477 g/mol. The zero-order chi connectivity index (χ0) is 22.4. The van der Waals surface area contributed by atoms with Crippen LogP contribution in [0.4, 0.5) is 11.4 Å². The number of hydrogen-bond acceptors (Lipinski definition) is 4. The van der Waals surface area contributed by atoms with Gasteiger partial charge in [-0.05, 0) is 36.6 Å². The molecular weight excluding hydrogens is 453 g/mol. The minimum atomic E-state index is -0.401. The fourth-order valence-electron chi connectivity index (χ4n) is 3.50. The van der Waals surface area contributed by atoms with Crippen LogP contribution in [0.15, 0.2) is 52.8 Å². The molecule has 0 N–H and O–H groups in total. The molecule has 0 aliphatic rings. The third-order valence-corrected chi connectivity index (χ3v) is 6.71. The van der Waals surface area contributed by atoms with Gasteiger partial charge in [-0.3, -0.25) is 10.1 Å². The molecule has 0 amide bonds. The summed E-state index contributed by atoms with van der Waals surface area (Å²) in [5, 5.41) is 14.7. The van der Waals surface area contributed by atoms with Gasteiger partial charge in [0.2, 0.25) is 0 Å². The molecule has 8 heteroatoms. The summed E-state index contributed by atoms with van der Waals surface area (Å²) >= 11 is 14.2. The van der Waals surface area contributed by atoms with Crippen LogP contribution in [0.3, 0.4) is 0 Å². The molecule has 0 saturated heterocycles. The van der Waals surface area contributed by atoms with Crippen LogP contribution in [0.25, 0.3) is 11.3 Å². The first-order chi connectivity index (χ1) is 14.9. The molecule has 3 aromatic rings. The molecule has 1 heterocycles. The Kier molecular flexibility index (Phi) is 8.29. The summed E-state index contributed by atoms with van der Waals surface area (Å²) in [4.78, 5) is 16.5. The average molecular weight is 478 g/mol. The van der Waals surface area contributed by atoms with E-state index >= 15 is 0 Å². The van der Waals surface area contributed by atoms with Crippen LogP contribution >= 0.6 is 34.5 Å². The molecule has 3 rings (SSSR count). The van der Waals surface area contributed by atoms with E-state index in [-0.39, 0.29) is 5.69 Å². The van der Waals surface area contributed by atoms with E-state index in [1.165, 1.54) is 17.4 Å². The Hall–Kier alpha value is -2.15. The first kappa shape index (κ1) is 23.5. The Labute approximate surface area is 196 Å². The van der Waals surface area contributed by atoms with Crippen LogP contribution in [-0.4, -0.2) is 9.49 Å². The van der Waals surface area contributed by atoms with Gasteiger partial charge < -0.3 is 4.57 Å². The minimum Gasteiger partial charge on any atom is -0.316 e. The second-order valence-corrected chi connectivity index (χ2v) is 9.09. The summed E-state index contributed by atoms with van der Waals surface area (Å²) in [6.07, 6.45) is 4.46. The molecular formula is C23H25Cl2N3O2S. The Balaban J connectivity index is 2.17. The van der Waals surface area contributed by atoms with Gasteiger partial charge in [0.05, 0.1) is 15.6 Å². The summed E-state index contributed by atoms with van der Waals surface area (Å²) in [6.45, 7) is 5.15. The van der Waals surface area contributed by atoms with E-state index in [9.17, 15) is 10.1 Å². The number of nitro benzene ring substituents is 1. The lowest BCUT2D eigenvalue weighted by atomic mass is 9.99. The number of hydrogen-bond donors (Lipinski definition) is 0. The number of aromatic nitrogens is 1. The zero-order valence-corrected chi connectivity index (χ0v) is 19.9. The van der Waals surface area contributed by atoms with Crippen molar-refractivity contribution in [3.05, 3.63) is 72.8 Å². The number of rotatable bonds is 9. The highest BCUT2D eigenvalue weighted by atomic mass is 35.5. The topological polar surface area (TPSA) is 60.4 Å². The molecule has 0 aliphatic heterocycles. The molecule has 0 spiro atoms. The maximum atomic E-state index is 11.5. The van der Waals surface area contributed by atoms with E-state index < -0.39 is 4.92 Å². The lowest BCUT2D eigenvalue weighted by Gasteiger charge is -2.18. The number of nitrogens with zero attached hydrogens (tertiary/aromatic N) is 3. The molecule has 1 atom stereocenters. The van der Waals surface area contributed by atoms with E-state index in [0.29, 0.717) is 26.5 Å². The van der Waals surface area contributed by atoms with Crippen LogP contribution in [0.1, 0.15) is 39.5 Å². The zero-order valence-electron chi connectivity index (χ0n) is 17.6. The van der Waals surface area contributed by atoms with Crippen molar-refractivity contribution >= 4 is 45.9 Å². The fourth-order valence-corrected chi connectivity index (χ4v) is 4.81. The van der Waals surface area contributed by atoms with Crippen molar-refractivity contribution < 1.29 is 4.92 Å². The molecule has 1 unspecified atom stereocenters. The molecule has 0 aliphatic carbocycles. The third kappa shape index (κ3) is 5.76.